The first kappa shape index (κ1) is 40.5. The van der Waals surface area contributed by atoms with Crippen molar-refractivity contribution in [1.82, 2.24) is 21.3 Å². The number of nitrogens with one attached hydrogen (secondary N) is 4. The van der Waals surface area contributed by atoms with Crippen LogP contribution in [0.2, 0.25) is 0 Å². The van der Waals surface area contributed by atoms with E-state index in [4.69, 9.17) is 22.9 Å². The summed E-state index contributed by atoms with van der Waals surface area (Å²) in [6.07, 6.45) is 0.363. The number of benzene rings is 1. The van der Waals surface area contributed by atoms with Crippen LogP contribution in [0.15, 0.2) is 30.3 Å². The number of hydrogen-bond donors (Lipinski definition) is 9. The van der Waals surface area contributed by atoms with E-state index in [0.717, 1.165) is 0 Å². The molecule has 0 radical (unpaired) electrons. The Labute approximate surface area is 274 Å². The van der Waals surface area contributed by atoms with Crippen LogP contribution in [0.25, 0.3) is 0 Å². The average molecular weight is 663 g/mol. The predicted molar refractivity (Wildman–Crippen MR) is 173 cm³/mol. The van der Waals surface area contributed by atoms with E-state index in [2.05, 4.69) is 21.3 Å². The second-order valence-electron chi connectivity index (χ2n) is 11.5. The number of carbonyl (C=O) groups is 7. The minimum absolute atomic E-state index is 0.0385. The lowest BCUT2D eigenvalue weighted by Crippen LogP contribution is -2.59. The molecular weight excluding hydrogens is 612 g/mol. The third kappa shape index (κ3) is 15.5. The molecule has 16 nitrogen and oxygen atoms in total. The molecule has 0 spiro atoms. The van der Waals surface area contributed by atoms with Crippen molar-refractivity contribution >= 4 is 41.4 Å². The highest BCUT2D eigenvalue weighted by atomic mass is 16.4. The number of amides is 6. The van der Waals surface area contributed by atoms with Gasteiger partial charge in [0.15, 0.2) is 0 Å². The van der Waals surface area contributed by atoms with Gasteiger partial charge in [-0.05, 0) is 50.1 Å². The first-order valence-electron chi connectivity index (χ1n) is 15.7. The molecule has 0 heterocycles. The average Bonchev–Trinajstić information content (AvgIpc) is 3.03. The molecule has 262 valence electrons. The second-order valence-corrected chi connectivity index (χ2v) is 11.5. The van der Waals surface area contributed by atoms with Crippen LogP contribution in [0.4, 0.5) is 0 Å². The highest BCUT2D eigenvalue weighted by Gasteiger charge is 2.32. The van der Waals surface area contributed by atoms with Gasteiger partial charge in [0, 0.05) is 19.3 Å². The maximum absolute atomic E-state index is 13.5. The second kappa shape index (κ2) is 21.3. The van der Waals surface area contributed by atoms with Gasteiger partial charge in [-0.2, -0.15) is 0 Å². The van der Waals surface area contributed by atoms with Crippen molar-refractivity contribution in [3.63, 3.8) is 0 Å². The van der Waals surface area contributed by atoms with Gasteiger partial charge in [0.1, 0.15) is 24.2 Å². The van der Waals surface area contributed by atoms with E-state index in [-0.39, 0.29) is 38.0 Å². The first-order chi connectivity index (χ1) is 22.2. The summed E-state index contributed by atoms with van der Waals surface area (Å²) in [5, 5.41) is 19.3. The van der Waals surface area contributed by atoms with Crippen LogP contribution in [-0.4, -0.2) is 83.3 Å². The highest BCUT2D eigenvalue weighted by molar-refractivity contribution is 5.96. The van der Waals surface area contributed by atoms with Crippen LogP contribution in [0.5, 0.6) is 0 Å². The summed E-state index contributed by atoms with van der Waals surface area (Å²) in [6.45, 7) is 4.01. The smallest absolute Gasteiger partial charge is 0.303 e. The Kier molecular flexibility index (Phi) is 18.3. The molecule has 1 rings (SSSR count). The number of carboxylic acid groups (broad SMARTS) is 1. The summed E-state index contributed by atoms with van der Waals surface area (Å²) >= 11 is 0. The topological polar surface area (TPSA) is 292 Å². The zero-order valence-corrected chi connectivity index (χ0v) is 27.0. The fourth-order valence-corrected chi connectivity index (χ4v) is 4.52. The zero-order valence-electron chi connectivity index (χ0n) is 27.0. The van der Waals surface area contributed by atoms with E-state index in [1.165, 1.54) is 0 Å². The largest absolute Gasteiger partial charge is 0.481 e. The molecule has 0 saturated heterocycles. The number of nitrogens with two attached hydrogens (primary N) is 4. The number of primary amides is 2. The lowest BCUT2D eigenvalue weighted by Gasteiger charge is -2.27. The Morgan fingerprint density at radius 3 is 1.68 bits per heavy atom. The quantitative estimate of drug-likeness (QED) is 0.0598. The summed E-state index contributed by atoms with van der Waals surface area (Å²) in [7, 11) is 0. The third-order valence-corrected chi connectivity index (χ3v) is 7.67. The standard InChI is InChI=1S/C31H50N8O8/c1-3-18(2)26(34)31(47)38-20(11-7-8-16-32)28(44)36-21(12-14-24(33)40)29(45)37-22(13-15-25(41)42)30(46)39-23(27(35)43)17-19-9-5-4-6-10-19/h4-6,9-10,18,20-23,26H,3,7-8,11-17,32,34H2,1-2H3,(H2,33,40)(H2,35,43)(H,36,44)(H,37,45)(H,38,47)(H,39,46)(H,41,42)/t18?,20-,21-,22-,23-,26-/m0/s1. The van der Waals surface area contributed by atoms with Gasteiger partial charge in [-0.25, -0.2) is 0 Å². The summed E-state index contributed by atoms with van der Waals surface area (Å²) in [6, 6.07) is 2.64. The first-order valence-corrected chi connectivity index (χ1v) is 15.7. The molecule has 0 aromatic heterocycles. The molecule has 1 aromatic carbocycles. The molecule has 6 atom stereocenters. The Morgan fingerprint density at radius 1 is 0.723 bits per heavy atom. The van der Waals surface area contributed by atoms with Gasteiger partial charge in [-0.1, -0.05) is 50.6 Å². The Balaban J connectivity index is 3.22. The molecule has 47 heavy (non-hydrogen) atoms. The maximum atomic E-state index is 13.5. The maximum Gasteiger partial charge on any atom is 0.303 e. The van der Waals surface area contributed by atoms with E-state index in [1.54, 1.807) is 37.3 Å². The summed E-state index contributed by atoms with van der Waals surface area (Å²) in [5.74, 6) is -6.17. The molecule has 1 aromatic rings. The van der Waals surface area contributed by atoms with Crippen LogP contribution >= 0.6 is 0 Å². The molecular formula is C31H50N8O8. The summed E-state index contributed by atoms with van der Waals surface area (Å²) in [4.78, 5) is 88.1. The molecule has 13 N–H and O–H groups in total. The lowest BCUT2D eigenvalue weighted by molar-refractivity contribution is -0.138. The van der Waals surface area contributed by atoms with Crippen molar-refractivity contribution in [2.45, 2.75) is 102 Å². The molecule has 0 bridgehead atoms. The molecule has 6 amide bonds. The molecule has 0 aliphatic rings. The van der Waals surface area contributed by atoms with Crippen molar-refractivity contribution in [2.75, 3.05) is 6.54 Å². The number of unbranched alkanes of at least 4 members (excludes halogenated alkanes) is 1. The van der Waals surface area contributed by atoms with Crippen molar-refractivity contribution in [3.8, 4) is 0 Å². The van der Waals surface area contributed by atoms with Crippen LogP contribution in [0.1, 0.15) is 70.8 Å². The van der Waals surface area contributed by atoms with E-state index < -0.39 is 78.0 Å². The number of rotatable bonds is 23. The van der Waals surface area contributed by atoms with Gasteiger partial charge >= 0.3 is 5.97 Å². The Bertz CT molecular complexity index is 1220. The summed E-state index contributed by atoms with van der Waals surface area (Å²) < 4.78 is 0. The van der Waals surface area contributed by atoms with E-state index in [0.29, 0.717) is 31.4 Å². The van der Waals surface area contributed by atoms with Gasteiger partial charge in [-0.3, -0.25) is 33.6 Å². The molecule has 0 aliphatic carbocycles. The van der Waals surface area contributed by atoms with Gasteiger partial charge < -0.3 is 49.3 Å². The normalized spacial score (nSPS) is 14.7. The van der Waals surface area contributed by atoms with E-state index >= 15 is 0 Å². The number of hydrogen-bond acceptors (Lipinski definition) is 9. The van der Waals surface area contributed by atoms with Crippen molar-refractivity contribution in [1.29, 1.82) is 0 Å². The lowest BCUT2D eigenvalue weighted by atomic mass is 9.98. The number of carboxylic acids is 1. The molecule has 0 aliphatic heterocycles. The Hall–Kier alpha value is -4.57. The van der Waals surface area contributed by atoms with Crippen molar-refractivity contribution in [3.05, 3.63) is 35.9 Å². The summed E-state index contributed by atoms with van der Waals surface area (Å²) in [5.41, 5.74) is 23.1. The van der Waals surface area contributed by atoms with Crippen molar-refractivity contribution < 1.29 is 38.7 Å². The number of carbonyl (C=O) groups excluding carboxylic acids is 6. The molecule has 1 unspecified atom stereocenters. The highest BCUT2D eigenvalue weighted by Crippen LogP contribution is 2.10. The number of aliphatic carboxylic acids is 1. The molecule has 0 fully saturated rings. The molecule has 0 saturated carbocycles. The Morgan fingerprint density at radius 2 is 1.21 bits per heavy atom. The molecule has 16 heteroatoms. The third-order valence-electron chi connectivity index (χ3n) is 7.67. The fourth-order valence-electron chi connectivity index (χ4n) is 4.52. The van der Waals surface area contributed by atoms with Crippen LogP contribution < -0.4 is 44.2 Å². The van der Waals surface area contributed by atoms with Crippen LogP contribution in [0.3, 0.4) is 0 Å². The van der Waals surface area contributed by atoms with Crippen molar-refractivity contribution in [2.24, 2.45) is 28.9 Å². The van der Waals surface area contributed by atoms with Crippen LogP contribution in [0, 0.1) is 5.92 Å². The fraction of sp³-hybridized carbons (Fsp3) is 0.581. The van der Waals surface area contributed by atoms with Gasteiger partial charge in [0.25, 0.3) is 0 Å². The predicted octanol–water partition coefficient (Wildman–Crippen LogP) is -1.71. The van der Waals surface area contributed by atoms with Gasteiger partial charge in [0.2, 0.25) is 35.4 Å². The van der Waals surface area contributed by atoms with Crippen LogP contribution in [-0.2, 0) is 40.0 Å². The zero-order chi connectivity index (χ0) is 35.5. The SMILES string of the molecule is CCC(C)[C@H](N)C(=O)N[C@@H](CCCCN)C(=O)N[C@@H](CCC(N)=O)C(=O)N[C@@H](CCC(=O)O)C(=O)N[C@@H](Cc1ccccc1)C(N)=O. The van der Waals surface area contributed by atoms with E-state index in [9.17, 15) is 38.7 Å². The van der Waals surface area contributed by atoms with Gasteiger partial charge in [0.05, 0.1) is 6.04 Å². The monoisotopic (exact) mass is 662 g/mol. The minimum atomic E-state index is -1.46. The van der Waals surface area contributed by atoms with Gasteiger partial charge in [-0.15, -0.1) is 0 Å². The minimum Gasteiger partial charge on any atom is -0.481 e. The van der Waals surface area contributed by atoms with E-state index in [1.807, 2.05) is 6.92 Å².